The van der Waals surface area contributed by atoms with E-state index in [0.29, 0.717) is 31.9 Å². The van der Waals surface area contributed by atoms with E-state index in [1.54, 1.807) is 13.4 Å². The summed E-state index contributed by atoms with van der Waals surface area (Å²) < 4.78 is 20.9. The summed E-state index contributed by atoms with van der Waals surface area (Å²) in [5.74, 6) is 0. The summed E-state index contributed by atoms with van der Waals surface area (Å²) >= 11 is 0. The van der Waals surface area contributed by atoms with E-state index in [1.165, 1.54) is 12.8 Å². The highest BCUT2D eigenvalue weighted by Gasteiger charge is 2.20. The maximum Gasteiger partial charge on any atom is 0.393 e. The minimum Gasteiger partial charge on any atom is -0.448 e. The predicted molar refractivity (Wildman–Crippen MR) is 69.2 cm³/mol. The fourth-order valence-electron chi connectivity index (χ4n) is 1.57. The van der Waals surface area contributed by atoms with Crippen LogP contribution < -0.4 is 10.1 Å². The lowest BCUT2D eigenvalue weighted by atomic mass is 10.5. The maximum atomic E-state index is 5.36. The van der Waals surface area contributed by atoms with Crippen LogP contribution in [0.4, 0.5) is 0 Å². The molecule has 6 nitrogen and oxygen atoms in total. The third-order valence-electron chi connectivity index (χ3n) is 2.77. The molecule has 19 heavy (non-hydrogen) atoms. The fourth-order valence-corrected chi connectivity index (χ4v) is 1.57. The van der Waals surface area contributed by atoms with Gasteiger partial charge in [-0.25, -0.2) is 0 Å². The molecule has 1 aliphatic carbocycles. The molecule has 0 bridgehead atoms. The number of hydrogen-bond donors (Lipinski definition) is 1. The third-order valence-corrected chi connectivity index (χ3v) is 2.77. The van der Waals surface area contributed by atoms with Crippen LogP contribution in [0.2, 0.25) is 0 Å². The number of hydrogen-bond acceptors (Lipinski definition) is 6. The zero-order chi connectivity index (χ0) is 13.3. The molecular formula is C13H22N2O4. The van der Waals surface area contributed by atoms with Crippen molar-refractivity contribution in [1.29, 1.82) is 0 Å². The van der Waals surface area contributed by atoms with Crippen molar-refractivity contribution >= 4 is 0 Å². The minimum atomic E-state index is 0.313. The molecule has 1 heterocycles. The van der Waals surface area contributed by atoms with Crippen LogP contribution in [-0.2, 0) is 16.0 Å². The number of rotatable bonds is 11. The Morgan fingerprint density at radius 2 is 2.21 bits per heavy atom. The van der Waals surface area contributed by atoms with Crippen molar-refractivity contribution in [2.24, 2.45) is 0 Å². The molecule has 1 N–H and O–H groups in total. The highest BCUT2D eigenvalue weighted by Crippen LogP contribution is 2.19. The summed E-state index contributed by atoms with van der Waals surface area (Å²) in [5.41, 5.74) is 0.878. The summed E-state index contributed by atoms with van der Waals surface area (Å²) in [6.07, 6.45) is 5.37. The average Bonchev–Trinajstić information content (AvgIpc) is 3.15. The first kappa shape index (κ1) is 14.3. The number of nitrogens with zero attached hydrogens (tertiary/aromatic N) is 1. The van der Waals surface area contributed by atoms with Crippen molar-refractivity contribution in [2.45, 2.75) is 31.8 Å². The van der Waals surface area contributed by atoms with Gasteiger partial charge in [-0.1, -0.05) is 0 Å². The molecule has 0 spiro atoms. The Morgan fingerprint density at radius 1 is 1.32 bits per heavy atom. The van der Waals surface area contributed by atoms with Gasteiger partial charge in [0.25, 0.3) is 0 Å². The van der Waals surface area contributed by atoms with Gasteiger partial charge in [0.1, 0.15) is 12.9 Å². The quantitative estimate of drug-likeness (QED) is 0.612. The average molecular weight is 270 g/mol. The molecule has 0 radical (unpaired) electrons. The van der Waals surface area contributed by atoms with Crippen molar-refractivity contribution in [2.75, 3.05) is 33.5 Å². The van der Waals surface area contributed by atoms with Gasteiger partial charge in [0.2, 0.25) is 0 Å². The summed E-state index contributed by atoms with van der Waals surface area (Å²) in [7, 11) is 1.68. The highest BCUT2D eigenvalue weighted by atomic mass is 16.6. The second kappa shape index (κ2) is 8.14. The Morgan fingerprint density at radius 3 is 3.00 bits per heavy atom. The van der Waals surface area contributed by atoms with Gasteiger partial charge in [0, 0.05) is 32.9 Å². The molecule has 1 aromatic rings. The van der Waals surface area contributed by atoms with Gasteiger partial charge in [-0.3, -0.25) is 0 Å². The molecule has 0 saturated heterocycles. The van der Waals surface area contributed by atoms with Crippen molar-refractivity contribution < 1.29 is 18.6 Å². The Balaban J connectivity index is 1.50. The molecule has 0 aliphatic heterocycles. The molecule has 108 valence electrons. The second-order valence-electron chi connectivity index (χ2n) is 4.57. The molecule has 0 unspecified atom stereocenters. The first-order chi connectivity index (χ1) is 9.38. The second-order valence-corrected chi connectivity index (χ2v) is 4.57. The fraction of sp³-hybridized carbons (Fsp3) is 0.769. The zero-order valence-corrected chi connectivity index (χ0v) is 11.4. The zero-order valence-electron chi connectivity index (χ0n) is 11.4. The molecular weight excluding hydrogens is 248 g/mol. The van der Waals surface area contributed by atoms with E-state index in [0.717, 1.165) is 25.3 Å². The Labute approximate surface area is 113 Å². The van der Waals surface area contributed by atoms with Gasteiger partial charge in [-0.2, -0.15) is 4.98 Å². The van der Waals surface area contributed by atoms with Crippen LogP contribution >= 0.6 is 0 Å². The molecule has 1 aromatic heterocycles. The molecule has 1 saturated carbocycles. The molecule has 0 atom stereocenters. The summed E-state index contributed by atoms with van der Waals surface area (Å²) in [5, 5.41) is 3.37. The summed E-state index contributed by atoms with van der Waals surface area (Å²) in [4.78, 5) is 4.23. The van der Waals surface area contributed by atoms with Crippen LogP contribution in [0.1, 0.15) is 25.0 Å². The Hall–Kier alpha value is -1.11. The number of aromatic nitrogens is 1. The molecule has 1 fully saturated rings. The standard InChI is InChI=1S/C13H22N2O4/c1-16-5-2-6-17-7-8-18-13-15-12(10-19-13)9-14-11-3-4-11/h10-11,14H,2-9H2,1H3. The van der Waals surface area contributed by atoms with E-state index >= 15 is 0 Å². The molecule has 2 rings (SSSR count). The third kappa shape index (κ3) is 6.04. The SMILES string of the molecule is COCCCOCCOc1nc(CNC2CC2)co1. The number of methoxy groups -OCH3 is 1. The van der Waals surface area contributed by atoms with Gasteiger partial charge < -0.3 is 23.9 Å². The van der Waals surface area contributed by atoms with Crippen LogP contribution in [-0.4, -0.2) is 44.6 Å². The molecule has 0 aromatic carbocycles. The smallest absolute Gasteiger partial charge is 0.393 e. The van der Waals surface area contributed by atoms with Crippen molar-refractivity contribution in [3.8, 4) is 6.08 Å². The molecule has 6 heteroatoms. The number of ether oxygens (including phenoxy) is 3. The molecule has 1 aliphatic rings. The number of nitrogens with one attached hydrogen (secondary N) is 1. The van der Waals surface area contributed by atoms with E-state index in [4.69, 9.17) is 18.6 Å². The monoisotopic (exact) mass is 270 g/mol. The lowest BCUT2D eigenvalue weighted by Crippen LogP contribution is -2.15. The lowest BCUT2D eigenvalue weighted by Gasteiger charge is -2.03. The lowest BCUT2D eigenvalue weighted by molar-refractivity contribution is 0.0724. The normalized spacial score (nSPS) is 14.8. The number of oxazole rings is 1. The van der Waals surface area contributed by atoms with Crippen molar-refractivity contribution in [3.63, 3.8) is 0 Å². The van der Waals surface area contributed by atoms with Crippen LogP contribution in [0.25, 0.3) is 0 Å². The first-order valence-corrected chi connectivity index (χ1v) is 6.76. The molecule has 0 amide bonds. The Kier molecular flexibility index (Phi) is 6.13. The highest BCUT2D eigenvalue weighted by molar-refractivity contribution is 5.00. The predicted octanol–water partition coefficient (Wildman–Crippen LogP) is 1.36. The summed E-state index contributed by atoms with van der Waals surface area (Å²) in [6, 6.07) is 0.668. The summed E-state index contributed by atoms with van der Waals surface area (Å²) in [6.45, 7) is 3.12. The topological polar surface area (TPSA) is 65.8 Å². The van der Waals surface area contributed by atoms with E-state index in [-0.39, 0.29) is 0 Å². The van der Waals surface area contributed by atoms with Gasteiger partial charge in [0.15, 0.2) is 0 Å². The Bertz CT molecular complexity index is 352. The van der Waals surface area contributed by atoms with Crippen LogP contribution in [0.15, 0.2) is 10.7 Å². The van der Waals surface area contributed by atoms with Gasteiger partial charge in [0.05, 0.1) is 12.3 Å². The van der Waals surface area contributed by atoms with Crippen molar-refractivity contribution in [3.05, 3.63) is 12.0 Å². The van der Waals surface area contributed by atoms with Crippen molar-refractivity contribution in [1.82, 2.24) is 10.3 Å². The van der Waals surface area contributed by atoms with E-state index in [9.17, 15) is 0 Å². The first-order valence-electron chi connectivity index (χ1n) is 6.76. The van der Waals surface area contributed by atoms with Crippen LogP contribution in [0, 0.1) is 0 Å². The van der Waals surface area contributed by atoms with E-state index < -0.39 is 0 Å². The minimum absolute atomic E-state index is 0.313. The van der Waals surface area contributed by atoms with Gasteiger partial charge in [-0.05, 0) is 19.3 Å². The van der Waals surface area contributed by atoms with Gasteiger partial charge >= 0.3 is 6.08 Å². The van der Waals surface area contributed by atoms with E-state index in [2.05, 4.69) is 10.3 Å². The maximum absolute atomic E-state index is 5.36. The van der Waals surface area contributed by atoms with Crippen LogP contribution in [0.5, 0.6) is 6.08 Å². The van der Waals surface area contributed by atoms with Crippen LogP contribution in [0.3, 0.4) is 0 Å². The van der Waals surface area contributed by atoms with E-state index in [1.807, 2.05) is 0 Å². The largest absolute Gasteiger partial charge is 0.448 e. The van der Waals surface area contributed by atoms with Gasteiger partial charge in [-0.15, -0.1) is 0 Å².